The first-order chi connectivity index (χ1) is 13.6. The van der Waals surface area contributed by atoms with Crippen LogP contribution in [0.1, 0.15) is 19.4 Å². The highest BCUT2D eigenvalue weighted by atomic mass is 32.2. The van der Waals surface area contributed by atoms with Crippen molar-refractivity contribution < 1.29 is 9.53 Å². The molecule has 0 aliphatic carbocycles. The van der Waals surface area contributed by atoms with E-state index in [4.69, 9.17) is 10.00 Å². The third kappa shape index (κ3) is 5.24. The molecule has 0 radical (unpaired) electrons. The number of carbonyl (C=O) groups excluding carboxylic acids is 1. The Morgan fingerprint density at radius 3 is 2.86 bits per heavy atom. The summed E-state index contributed by atoms with van der Waals surface area (Å²) in [7, 11) is 0. The fourth-order valence-electron chi connectivity index (χ4n) is 2.90. The van der Waals surface area contributed by atoms with E-state index in [0.29, 0.717) is 30.4 Å². The molecule has 1 aromatic carbocycles. The summed E-state index contributed by atoms with van der Waals surface area (Å²) in [5.41, 5.74) is 1.12. The van der Waals surface area contributed by atoms with E-state index < -0.39 is 0 Å². The van der Waals surface area contributed by atoms with E-state index >= 15 is 0 Å². The van der Waals surface area contributed by atoms with Crippen LogP contribution in [-0.4, -0.2) is 52.7 Å². The molecular weight excluding hydrogens is 376 g/mol. The lowest BCUT2D eigenvalue weighted by atomic mass is 10.2. The van der Waals surface area contributed by atoms with Gasteiger partial charge in [-0.15, -0.1) is 10.2 Å². The summed E-state index contributed by atoms with van der Waals surface area (Å²) in [6.07, 6.45) is 0. The average molecular weight is 401 g/mol. The molecule has 148 valence electrons. The van der Waals surface area contributed by atoms with Gasteiger partial charge in [-0.2, -0.15) is 5.26 Å². The number of nitrogens with one attached hydrogen (secondary N) is 1. The molecule has 0 unspecified atom stereocenters. The third-order valence-electron chi connectivity index (χ3n) is 4.15. The average Bonchev–Trinajstić information content (AvgIpc) is 3.09. The van der Waals surface area contributed by atoms with Crippen LogP contribution in [0.5, 0.6) is 0 Å². The summed E-state index contributed by atoms with van der Waals surface area (Å²) in [5.74, 6) is 1.34. The first kappa shape index (κ1) is 20.2. The molecule has 1 amide bonds. The summed E-state index contributed by atoms with van der Waals surface area (Å²) in [6.45, 7) is 8.02. The van der Waals surface area contributed by atoms with Crippen LogP contribution in [0.3, 0.4) is 0 Å². The smallest absolute Gasteiger partial charge is 0.234 e. The van der Waals surface area contributed by atoms with Gasteiger partial charge in [0.2, 0.25) is 11.9 Å². The number of thioether (sulfide) groups is 1. The van der Waals surface area contributed by atoms with Crippen LogP contribution in [-0.2, 0) is 16.1 Å². The molecule has 8 nitrogen and oxygen atoms in total. The van der Waals surface area contributed by atoms with Crippen LogP contribution in [0.4, 0.5) is 11.6 Å². The molecule has 1 saturated heterocycles. The minimum absolute atomic E-state index is 0.146. The van der Waals surface area contributed by atoms with Crippen molar-refractivity contribution in [3.63, 3.8) is 0 Å². The maximum atomic E-state index is 12.3. The van der Waals surface area contributed by atoms with Crippen molar-refractivity contribution in [1.29, 1.82) is 5.26 Å². The molecule has 1 N–H and O–H groups in total. The van der Waals surface area contributed by atoms with Gasteiger partial charge in [0, 0.05) is 25.3 Å². The highest BCUT2D eigenvalue weighted by Crippen LogP contribution is 2.24. The second-order valence-electron chi connectivity index (χ2n) is 6.92. The summed E-state index contributed by atoms with van der Waals surface area (Å²) < 4.78 is 7.51. The van der Waals surface area contributed by atoms with E-state index in [2.05, 4.69) is 44.9 Å². The normalized spacial score (nSPS) is 14.1. The molecule has 1 aliphatic heterocycles. The molecule has 1 fully saturated rings. The summed E-state index contributed by atoms with van der Waals surface area (Å²) in [6, 6.07) is 8.93. The molecule has 2 heterocycles. The fraction of sp³-hybridized carbons (Fsp3) is 0.474. The molecule has 0 spiro atoms. The first-order valence-corrected chi connectivity index (χ1v) is 10.2. The van der Waals surface area contributed by atoms with Crippen molar-refractivity contribution in [3.05, 3.63) is 29.8 Å². The highest BCUT2D eigenvalue weighted by molar-refractivity contribution is 7.99. The van der Waals surface area contributed by atoms with Crippen molar-refractivity contribution >= 4 is 29.3 Å². The van der Waals surface area contributed by atoms with Gasteiger partial charge in [-0.25, -0.2) is 0 Å². The number of amides is 1. The summed E-state index contributed by atoms with van der Waals surface area (Å²) >= 11 is 1.37. The van der Waals surface area contributed by atoms with Crippen molar-refractivity contribution in [2.24, 2.45) is 5.92 Å². The Hall–Kier alpha value is -2.57. The Bertz CT molecular complexity index is 854. The monoisotopic (exact) mass is 400 g/mol. The van der Waals surface area contributed by atoms with Crippen molar-refractivity contribution in [2.45, 2.75) is 25.5 Å². The van der Waals surface area contributed by atoms with Gasteiger partial charge in [-0.1, -0.05) is 31.7 Å². The number of benzene rings is 1. The predicted molar refractivity (Wildman–Crippen MR) is 108 cm³/mol. The topological polar surface area (TPSA) is 96.1 Å². The van der Waals surface area contributed by atoms with Gasteiger partial charge in [0.25, 0.3) is 0 Å². The number of nitrogens with zero attached hydrogens (tertiary/aromatic N) is 5. The lowest BCUT2D eigenvalue weighted by Gasteiger charge is -2.28. The number of morpholine rings is 1. The first-order valence-electron chi connectivity index (χ1n) is 9.25. The minimum atomic E-state index is -0.146. The molecule has 0 atom stereocenters. The maximum Gasteiger partial charge on any atom is 0.234 e. The number of hydrogen-bond acceptors (Lipinski definition) is 7. The molecule has 2 aromatic rings. The molecule has 1 aromatic heterocycles. The SMILES string of the molecule is CC(C)Cn1c(SCC(=O)Nc2cccc(C#N)c2)nnc1N1CCOCC1. The van der Waals surface area contributed by atoms with Gasteiger partial charge in [0.1, 0.15) is 0 Å². The Balaban J connectivity index is 1.66. The predicted octanol–water partition coefficient (Wildman–Crippen LogP) is 2.37. The van der Waals surface area contributed by atoms with Gasteiger partial charge in [0.05, 0.1) is 30.6 Å². The van der Waals surface area contributed by atoms with Crippen LogP contribution in [0.2, 0.25) is 0 Å². The lowest BCUT2D eigenvalue weighted by Crippen LogP contribution is -2.38. The Labute approximate surface area is 168 Å². The fourth-order valence-corrected chi connectivity index (χ4v) is 3.65. The number of rotatable bonds is 7. The van der Waals surface area contributed by atoms with E-state index in [9.17, 15) is 4.79 Å². The second-order valence-corrected chi connectivity index (χ2v) is 7.86. The van der Waals surface area contributed by atoms with Crippen molar-refractivity contribution in [2.75, 3.05) is 42.3 Å². The highest BCUT2D eigenvalue weighted by Gasteiger charge is 2.21. The number of ether oxygens (including phenoxy) is 1. The van der Waals surface area contributed by atoms with Gasteiger partial charge >= 0.3 is 0 Å². The van der Waals surface area contributed by atoms with E-state index in [1.54, 1.807) is 24.3 Å². The summed E-state index contributed by atoms with van der Waals surface area (Å²) in [4.78, 5) is 14.5. The van der Waals surface area contributed by atoms with E-state index in [1.165, 1.54) is 11.8 Å². The largest absolute Gasteiger partial charge is 0.378 e. The van der Waals surface area contributed by atoms with Gasteiger partial charge in [-0.05, 0) is 24.1 Å². The van der Waals surface area contributed by atoms with Gasteiger partial charge in [0.15, 0.2) is 5.16 Å². The molecule has 1 aliphatic rings. The zero-order valence-electron chi connectivity index (χ0n) is 16.1. The summed E-state index contributed by atoms with van der Waals surface area (Å²) in [5, 5.41) is 21.2. The van der Waals surface area contributed by atoms with Crippen LogP contribution >= 0.6 is 11.8 Å². The third-order valence-corrected chi connectivity index (χ3v) is 5.11. The zero-order valence-corrected chi connectivity index (χ0v) is 16.9. The van der Waals surface area contributed by atoms with E-state index in [1.807, 2.05) is 0 Å². The Morgan fingerprint density at radius 2 is 2.14 bits per heavy atom. The number of hydrogen-bond donors (Lipinski definition) is 1. The number of anilines is 2. The second kappa shape index (κ2) is 9.57. The van der Waals surface area contributed by atoms with E-state index in [0.717, 1.165) is 30.7 Å². The van der Waals surface area contributed by atoms with Crippen LogP contribution in [0.25, 0.3) is 0 Å². The number of carbonyl (C=O) groups is 1. The van der Waals surface area contributed by atoms with Crippen LogP contribution < -0.4 is 10.2 Å². The van der Waals surface area contributed by atoms with Gasteiger partial charge < -0.3 is 15.0 Å². The standard InChI is InChI=1S/C19H24N6O2S/c1-14(2)12-25-18(24-6-8-27-9-7-24)22-23-19(25)28-13-17(26)21-16-5-3-4-15(10-16)11-20/h3-5,10,14H,6-9,12-13H2,1-2H3,(H,21,26). The van der Waals surface area contributed by atoms with E-state index in [-0.39, 0.29) is 11.7 Å². The van der Waals surface area contributed by atoms with Crippen LogP contribution in [0, 0.1) is 17.2 Å². The molecule has 0 bridgehead atoms. The Kier molecular flexibility index (Phi) is 6.90. The lowest BCUT2D eigenvalue weighted by molar-refractivity contribution is -0.113. The molecular formula is C19H24N6O2S. The molecule has 3 rings (SSSR count). The maximum absolute atomic E-state index is 12.3. The van der Waals surface area contributed by atoms with Crippen LogP contribution in [0.15, 0.2) is 29.4 Å². The number of nitriles is 1. The van der Waals surface area contributed by atoms with Crippen molar-refractivity contribution in [3.8, 4) is 6.07 Å². The molecule has 9 heteroatoms. The minimum Gasteiger partial charge on any atom is -0.378 e. The van der Waals surface area contributed by atoms with Gasteiger partial charge in [-0.3, -0.25) is 9.36 Å². The quantitative estimate of drug-likeness (QED) is 0.713. The Morgan fingerprint density at radius 1 is 1.36 bits per heavy atom. The van der Waals surface area contributed by atoms with Crippen molar-refractivity contribution in [1.82, 2.24) is 14.8 Å². The molecule has 0 saturated carbocycles. The molecule has 28 heavy (non-hydrogen) atoms. The zero-order chi connectivity index (χ0) is 19.9. The number of aromatic nitrogens is 3.